The van der Waals surface area contributed by atoms with Crippen molar-refractivity contribution < 1.29 is 0 Å². The summed E-state index contributed by atoms with van der Waals surface area (Å²) in [7, 11) is 0. The van der Waals surface area contributed by atoms with Gasteiger partial charge in [-0.05, 0) is 137 Å². The summed E-state index contributed by atoms with van der Waals surface area (Å²) in [6.07, 6.45) is 6.58. The lowest BCUT2D eigenvalue weighted by atomic mass is 9.38. The van der Waals surface area contributed by atoms with Gasteiger partial charge in [-0.2, -0.15) is 0 Å². The van der Waals surface area contributed by atoms with E-state index in [2.05, 4.69) is 235 Å². The molecular weight excluding hydrogens is 873 g/mol. The average Bonchev–Trinajstić information content (AvgIpc) is 3.79. The van der Waals surface area contributed by atoms with Gasteiger partial charge in [0, 0.05) is 38.6 Å². The molecule has 11 aromatic rings. The fourth-order valence-corrected chi connectivity index (χ4v) is 15.0. The van der Waals surface area contributed by atoms with Gasteiger partial charge in [0.15, 0.2) is 17.5 Å². The Bertz CT molecular complexity index is 3750. The van der Waals surface area contributed by atoms with Gasteiger partial charge in [-0.25, -0.2) is 15.0 Å². The van der Waals surface area contributed by atoms with E-state index in [0.717, 1.165) is 45.3 Å². The van der Waals surface area contributed by atoms with Crippen LogP contribution >= 0.6 is 0 Å². The van der Waals surface area contributed by atoms with Crippen molar-refractivity contribution in [2.24, 2.45) is 23.7 Å². The van der Waals surface area contributed by atoms with Crippen LogP contribution in [0, 0.1) is 23.7 Å². The first-order valence-corrected chi connectivity index (χ1v) is 26.0. The normalized spacial score (nSPS) is 21.2. The van der Waals surface area contributed by atoms with Crippen LogP contribution in [-0.4, -0.2) is 19.5 Å². The lowest BCUT2D eigenvalue weighted by molar-refractivity contribution is -0.0440. The maximum absolute atomic E-state index is 5.49. The van der Waals surface area contributed by atoms with E-state index < -0.39 is 5.41 Å². The second kappa shape index (κ2) is 16.2. The van der Waals surface area contributed by atoms with Crippen molar-refractivity contribution in [3.8, 4) is 51.0 Å². The van der Waals surface area contributed by atoms with Crippen molar-refractivity contribution in [2.75, 3.05) is 0 Å². The number of hydrogen-bond donors (Lipinski definition) is 0. The molecule has 72 heavy (non-hydrogen) atoms. The summed E-state index contributed by atoms with van der Waals surface area (Å²) < 4.78 is 2.37. The standard InChI is InChI=1S/C68H52N4/c1-4-17-47(18-5-1)64-69-65(49-20-16-19-48(42-49)46-31-34-55(35-32-46)72-62-29-14-10-25-56(62)57-26-11-15-30-63(57)72)71-66(70-64)50-33-36-60-61(43-50)68(53-38-44-37-45(40-53)41-54(68)39-44)59-28-13-12-27-58(59)67(60,51-21-6-2-7-22-51)52-23-8-3-9-24-52/h1-36,42-45,53-54H,37-41H2. The highest BCUT2D eigenvalue weighted by atomic mass is 15.0. The van der Waals surface area contributed by atoms with Gasteiger partial charge in [-0.3, -0.25) is 0 Å². The molecule has 1 spiro atoms. The Kier molecular flexibility index (Phi) is 9.33. The zero-order valence-electron chi connectivity index (χ0n) is 40.1. The molecule has 0 radical (unpaired) electrons. The molecule has 0 unspecified atom stereocenters. The molecule has 0 aliphatic heterocycles. The van der Waals surface area contributed by atoms with Crippen LogP contribution in [0.1, 0.15) is 65.5 Å². The van der Waals surface area contributed by atoms with Gasteiger partial charge < -0.3 is 4.57 Å². The van der Waals surface area contributed by atoms with E-state index in [1.165, 1.54) is 87.3 Å². The zero-order valence-corrected chi connectivity index (χ0v) is 40.1. The summed E-state index contributed by atoms with van der Waals surface area (Å²) in [6, 6.07) is 85.0. The summed E-state index contributed by atoms with van der Waals surface area (Å²) in [5.74, 6) is 4.82. The van der Waals surface area contributed by atoms with Crippen molar-refractivity contribution in [1.82, 2.24) is 19.5 Å². The maximum Gasteiger partial charge on any atom is 0.164 e. The quantitative estimate of drug-likeness (QED) is 0.160. The van der Waals surface area contributed by atoms with Crippen LogP contribution in [0.25, 0.3) is 72.8 Å². The van der Waals surface area contributed by atoms with Crippen molar-refractivity contribution in [2.45, 2.75) is 42.9 Å². The minimum atomic E-state index is -0.519. The molecule has 9 aromatic carbocycles. The van der Waals surface area contributed by atoms with E-state index >= 15 is 0 Å². The highest BCUT2D eigenvalue weighted by Gasteiger charge is 2.63. The first-order chi connectivity index (χ1) is 35.6. The van der Waals surface area contributed by atoms with Crippen LogP contribution < -0.4 is 0 Å². The first-order valence-electron chi connectivity index (χ1n) is 26.0. The van der Waals surface area contributed by atoms with Crippen molar-refractivity contribution in [3.63, 3.8) is 0 Å². The molecule has 5 aliphatic carbocycles. The van der Waals surface area contributed by atoms with E-state index in [0.29, 0.717) is 29.3 Å². The molecular formula is C68H52N4. The van der Waals surface area contributed by atoms with Gasteiger partial charge in [-0.1, -0.05) is 194 Å². The molecule has 2 heterocycles. The molecule has 0 N–H and O–H groups in total. The Hall–Kier alpha value is -8.21. The Balaban J connectivity index is 0.904. The van der Waals surface area contributed by atoms with Gasteiger partial charge in [0.05, 0.1) is 16.4 Å². The molecule has 4 nitrogen and oxygen atoms in total. The summed E-state index contributed by atoms with van der Waals surface area (Å²) in [5.41, 5.74) is 16.5. The SMILES string of the molecule is c1ccc(-c2nc(-c3cccc(-c4ccc(-n5c6ccccc6c6ccccc65)cc4)c3)nc(-c3ccc4c(c3)C3(c5ccccc5C4(c4ccccc4)c4ccccc4)C4CC5CC(C4)CC3C5)n2)cc1. The molecule has 344 valence electrons. The number of aromatic nitrogens is 4. The van der Waals surface area contributed by atoms with Crippen LogP contribution in [0.3, 0.4) is 0 Å². The Morgan fingerprint density at radius 1 is 0.333 bits per heavy atom. The van der Waals surface area contributed by atoms with Crippen LogP contribution in [0.5, 0.6) is 0 Å². The lowest BCUT2D eigenvalue weighted by Crippen LogP contribution is -2.59. The van der Waals surface area contributed by atoms with Gasteiger partial charge >= 0.3 is 0 Å². The fraction of sp³-hybridized carbons (Fsp3) is 0.162. The Morgan fingerprint density at radius 2 is 0.792 bits per heavy atom. The zero-order chi connectivity index (χ0) is 47.4. The molecule has 0 amide bonds. The minimum Gasteiger partial charge on any atom is -0.309 e. The lowest BCUT2D eigenvalue weighted by Gasteiger charge is -2.65. The van der Waals surface area contributed by atoms with E-state index in [4.69, 9.17) is 15.0 Å². The van der Waals surface area contributed by atoms with Crippen LogP contribution in [0.4, 0.5) is 0 Å². The summed E-state index contributed by atoms with van der Waals surface area (Å²) >= 11 is 0. The third-order valence-electron chi connectivity index (χ3n) is 17.6. The van der Waals surface area contributed by atoms with E-state index in [1.54, 1.807) is 0 Å². The monoisotopic (exact) mass is 924 g/mol. The van der Waals surface area contributed by atoms with E-state index in [9.17, 15) is 0 Å². The Morgan fingerprint density at radius 3 is 1.40 bits per heavy atom. The highest BCUT2D eigenvalue weighted by molar-refractivity contribution is 6.09. The largest absolute Gasteiger partial charge is 0.309 e. The number of hydrogen-bond acceptors (Lipinski definition) is 3. The summed E-state index contributed by atoms with van der Waals surface area (Å²) in [4.78, 5) is 16.2. The second-order valence-electron chi connectivity index (χ2n) is 21.1. The number of rotatable bonds is 7. The third kappa shape index (κ3) is 6.08. The summed E-state index contributed by atoms with van der Waals surface area (Å²) in [5, 5.41) is 2.52. The van der Waals surface area contributed by atoms with Crippen LogP contribution in [0.2, 0.25) is 0 Å². The van der Waals surface area contributed by atoms with Gasteiger partial charge in [-0.15, -0.1) is 0 Å². The second-order valence-corrected chi connectivity index (χ2v) is 21.1. The number of para-hydroxylation sites is 2. The molecule has 4 saturated carbocycles. The van der Waals surface area contributed by atoms with Gasteiger partial charge in [0.1, 0.15) is 0 Å². The minimum absolute atomic E-state index is 0.119. The Labute approximate surface area is 420 Å². The van der Waals surface area contributed by atoms with Crippen molar-refractivity contribution in [3.05, 3.63) is 264 Å². The molecule has 2 aromatic heterocycles. The molecule has 0 atom stereocenters. The third-order valence-corrected chi connectivity index (χ3v) is 17.6. The predicted octanol–water partition coefficient (Wildman–Crippen LogP) is 16.1. The fourth-order valence-electron chi connectivity index (χ4n) is 15.0. The number of fused-ring (bicyclic) bond motifs is 5. The molecule has 4 heteroatoms. The highest BCUT2D eigenvalue weighted by Crippen LogP contribution is 2.70. The molecule has 0 saturated heterocycles. The molecule has 4 bridgehead atoms. The number of benzene rings is 9. The van der Waals surface area contributed by atoms with Crippen LogP contribution in [0.15, 0.2) is 231 Å². The van der Waals surface area contributed by atoms with E-state index in [-0.39, 0.29) is 5.41 Å². The predicted molar refractivity (Wildman–Crippen MR) is 292 cm³/mol. The molecule has 16 rings (SSSR count). The van der Waals surface area contributed by atoms with Gasteiger partial charge in [0.2, 0.25) is 0 Å². The van der Waals surface area contributed by atoms with Crippen LogP contribution in [-0.2, 0) is 10.8 Å². The average molecular weight is 925 g/mol. The maximum atomic E-state index is 5.49. The number of nitrogens with zero attached hydrogens (tertiary/aromatic N) is 4. The smallest absolute Gasteiger partial charge is 0.164 e. The first kappa shape index (κ1) is 41.6. The van der Waals surface area contributed by atoms with Crippen molar-refractivity contribution in [1.29, 1.82) is 0 Å². The topological polar surface area (TPSA) is 43.6 Å². The molecule has 4 fully saturated rings. The van der Waals surface area contributed by atoms with Crippen molar-refractivity contribution >= 4 is 21.8 Å². The van der Waals surface area contributed by atoms with E-state index in [1.807, 2.05) is 0 Å². The molecule has 5 aliphatic rings. The van der Waals surface area contributed by atoms with Gasteiger partial charge in [0.25, 0.3) is 0 Å². The summed E-state index contributed by atoms with van der Waals surface area (Å²) in [6.45, 7) is 0.